The monoisotopic (exact) mass is 359 g/mol. The molecule has 0 heterocycles. The summed E-state index contributed by atoms with van der Waals surface area (Å²) in [6.07, 6.45) is 13.2. The first-order chi connectivity index (χ1) is 10.1. The lowest BCUT2D eigenvalue weighted by atomic mass is 10.4. The van der Waals surface area contributed by atoms with Crippen molar-refractivity contribution in [3.05, 3.63) is 25.4 Å². The zero-order valence-electron chi connectivity index (χ0n) is 14.9. The Kier molecular flexibility index (Phi) is 26.9. The number of rotatable bonds is 9. The Hall–Kier alpha value is -1.21. The largest absolute Gasteiger partial charge is 0.356 e. The van der Waals surface area contributed by atoms with Crippen molar-refractivity contribution in [3.63, 3.8) is 0 Å². The molecule has 0 aromatic rings. The number of unbranched alkanes of at least 4 members (excludes halogenated alkanes) is 3. The standard InChI is InChI=1S/C13H30P.HNO3.NO3.H3N/c1-5-8-11-14(4,12-9-6-2)13-10-7-3;2*2-1(3)4;/h5-13H2,1-4H3;(H,2,3,4);;1H3/q+1;;-1;. The minimum Gasteiger partial charge on any atom is -0.356 e. The molecule has 9 nitrogen and oxygen atoms in total. The van der Waals surface area contributed by atoms with Crippen LogP contribution in [0.3, 0.4) is 0 Å². The van der Waals surface area contributed by atoms with Gasteiger partial charge in [0.15, 0.2) is 0 Å². The highest BCUT2D eigenvalue weighted by Gasteiger charge is 2.28. The highest BCUT2D eigenvalue weighted by atomic mass is 31.2. The predicted molar refractivity (Wildman–Crippen MR) is 96.3 cm³/mol. The number of nitrogens with zero attached hydrogens (tertiary/aromatic N) is 2. The van der Waals surface area contributed by atoms with E-state index in [1.807, 2.05) is 0 Å². The molecule has 0 rings (SSSR count). The van der Waals surface area contributed by atoms with E-state index in [1.54, 1.807) is 18.5 Å². The average molecular weight is 359 g/mol. The topological polar surface area (TPSA) is 165 Å². The van der Waals surface area contributed by atoms with Crippen LogP contribution in [-0.2, 0) is 0 Å². The Morgan fingerprint density at radius 1 is 0.826 bits per heavy atom. The summed E-state index contributed by atoms with van der Waals surface area (Å²) in [6, 6.07) is 0. The lowest BCUT2D eigenvalue weighted by Gasteiger charge is -2.22. The molecule has 0 aliphatic carbocycles. The lowest BCUT2D eigenvalue weighted by molar-refractivity contribution is -0.742. The molecule has 23 heavy (non-hydrogen) atoms. The van der Waals surface area contributed by atoms with E-state index in [4.69, 9.17) is 30.6 Å². The summed E-state index contributed by atoms with van der Waals surface area (Å²) in [5.41, 5.74) is 0. The lowest BCUT2D eigenvalue weighted by Crippen LogP contribution is -2.07. The second kappa shape index (κ2) is 20.8. The molecule has 0 aromatic carbocycles. The maximum absolute atomic E-state index is 8.36. The number of hydrogen-bond acceptors (Lipinski definition) is 6. The minimum atomic E-state index is -1.75. The van der Waals surface area contributed by atoms with Crippen LogP contribution in [0.1, 0.15) is 59.3 Å². The van der Waals surface area contributed by atoms with E-state index in [0.29, 0.717) is 0 Å². The van der Waals surface area contributed by atoms with Crippen LogP contribution < -0.4 is 6.15 Å². The van der Waals surface area contributed by atoms with Gasteiger partial charge in [-0.15, -0.1) is 10.1 Å². The van der Waals surface area contributed by atoms with Gasteiger partial charge in [-0.25, -0.2) is 0 Å². The van der Waals surface area contributed by atoms with E-state index < -0.39 is 17.4 Å². The molecular formula is C13H34N3O6P. The first-order valence-corrected chi connectivity index (χ1v) is 10.4. The van der Waals surface area contributed by atoms with Crippen LogP contribution in [0.5, 0.6) is 0 Å². The minimum absolute atomic E-state index is 0. The van der Waals surface area contributed by atoms with Gasteiger partial charge in [0, 0.05) is 13.9 Å². The van der Waals surface area contributed by atoms with E-state index in [1.165, 1.54) is 38.5 Å². The average Bonchev–Trinajstić information content (AvgIpc) is 2.40. The van der Waals surface area contributed by atoms with Crippen molar-refractivity contribution >= 4 is 7.26 Å². The number of hydrogen-bond donors (Lipinski definition) is 2. The van der Waals surface area contributed by atoms with Gasteiger partial charge in [0.05, 0.1) is 23.6 Å². The van der Waals surface area contributed by atoms with Gasteiger partial charge in [-0.3, -0.25) is 0 Å². The van der Waals surface area contributed by atoms with E-state index in [0.717, 1.165) is 0 Å². The zero-order valence-corrected chi connectivity index (χ0v) is 15.8. The smallest absolute Gasteiger partial charge is 0.291 e. The Bertz CT molecular complexity index is 241. The van der Waals surface area contributed by atoms with Crippen LogP contribution >= 0.6 is 7.26 Å². The summed E-state index contributed by atoms with van der Waals surface area (Å²) in [6.45, 7) is 9.59. The summed E-state index contributed by atoms with van der Waals surface area (Å²) in [7, 11) is -0.519. The Morgan fingerprint density at radius 2 is 1.00 bits per heavy atom. The molecule has 142 valence electrons. The van der Waals surface area contributed by atoms with Crippen LogP contribution in [0.2, 0.25) is 0 Å². The Labute approximate surface area is 139 Å². The van der Waals surface area contributed by atoms with Gasteiger partial charge in [0.2, 0.25) is 0 Å². The molecule has 0 aliphatic rings. The molecule has 0 spiro atoms. The van der Waals surface area contributed by atoms with Crippen molar-refractivity contribution in [2.45, 2.75) is 59.3 Å². The van der Waals surface area contributed by atoms with Crippen LogP contribution in [0.4, 0.5) is 0 Å². The molecule has 0 saturated heterocycles. The zero-order chi connectivity index (χ0) is 18.0. The van der Waals surface area contributed by atoms with Crippen molar-refractivity contribution < 1.29 is 15.4 Å². The molecule has 0 radical (unpaired) electrons. The summed E-state index contributed by atoms with van der Waals surface area (Å²) in [5.74, 6) is 0. The maximum atomic E-state index is 8.36. The van der Waals surface area contributed by atoms with Crippen molar-refractivity contribution in [1.29, 1.82) is 0 Å². The van der Waals surface area contributed by atoms with Crippen molar-refractivity contribution in [3.8, 4) is 0 Å². The third-order valence-corrected chi connectivity index (χ3v) is 7.34. The third kappa shape index (κ3) is 38.6. The van der Waals surface area contributed by atoms with Gasteiger partial charge >= 0.3 is 0 Å². The summed E-state index contributed by atoms with van der Waals surface area (Å²) < 4.78 is 0. The highest BCUT2D eigenvalue weighted by molar-refractivity contribution is 7.75. The van der Waals surface area contributed by atoms with Gasteiger partial charge in [0.1, 0.15) is 0 Å². The van der Waals surface area contributed by atoms with Gasteiger partial charge in [-0.05, 0) is 19.3 Å². The van der Waals surface area contributed by atoms with E-state index in [-0.39, 0.29) is 6.15 Å². The van der Waals surface area contributed by atoms with Gasteiger partial charge in [-0.1, -0.05) is 40.0 Å². The normalized spacial score (nSPS) is 9.39. The fourth-order valence-corrected chi connectivity index (χ4v) is 5.86. The molecule has 0 amide bonds. The molecule has 0 bridgehead atoms. The third-order valence-electron chi connectivity index (χ3n) is 3.15. The Balaban J connectivity index is -0.000000167. The quantitative estimate of drug-likeness (QED) is 0.344. The van der Waals surface area contributed by atoms with E-state index in [9.17, 15) is 0 Å². The Morgan fingerprint density at radius 3 is 1.13 bits per heavy atom. The molecule has 10 heteroatoms. The van der Waals surface area contributed by atoms with Crippen molar-refractivity contribution in [1.82, 2.24) is 6.15 Å². The molecule has 0 aromatic heterocycles. The van der Waals surface area contributed by atoms with Gasteiger partial charge < -0.3 is 26.7 Å². The first-order valence-electron chi connectivity index (χ1n) is 7.63. The fourth-order valence-electron chi connectivity index (χ4n) is 1.95. The molecule has 0 unspecified atom stereocenters. The highest BCUT2D eigenvalue weighted by Crippen LogP contribution is 2.57. The van der Waals surface area contributed by atoms with Crippen LogP contribution in [0, 0.1) is 25.4 Å². The van der Waals surface area contributed by atoms with E-state index >= 15 is 0 Å². The molecule has 0 saturated carbocycles. The summed E-state index contributed by atoms with van der Waals surface area (Å²) in [4.78, 5) is 16.6. The van der Waals surface area contributed by atoms with Crippen molar-refractivity contribution in [2.24, 2.45) is 0 Å². The second-order valence-electron chi connectivity index (χ2n) is 5.31. The maximum Gasteiger partial charge on any atom is 0.291 e. The predicted octanol–water partition coefficient (Wildman–Crippen LogP) is 4.61. The van der Waals surface area contributed by atoms with Crippen LogP contribution in [-0.4, -0.2) is 40.5 Å². The molecule has 0 fully saturated rings. The molecule has 0 atom stereocenters. The fraction of sp³-hybridized carbons (Fsp3) is 1.00. The van der Waals surface area contributed by atoms with E-state index in [2.05, 4.69) is 27.4 Å². The SMILES string of the molecule is CCCC[P+](C)(CCCC)CCCC.N.O=[N+]([O-])O.O=[N+]([O-])[O-]. The van der Waals surface area contributed by atoms with Crippen LogP contribution in [0.15, 0.2) is 0 Å². The van der Waals surface area contributed by atoms with Gasteiger partial charge in [-0.2, -0.15) is 0 Å². The molecular weight excluding hydrogens is 325 g/mol. The van der Waals surface area contributed by atoms with Crippen molar-refractivity contribution in [2.75, 3.05) is 25.2 Å². The summed E-state index contributed by atoms with van der Waals surface area (Å²) >= 11 is 0. The molecule has 4 N–H and O–H groups in total. The van der Waals surface area contributed by atoms with Gasteiger partial charge in [0.25, 0.3) is 5.09 Å². The molecule has 0 aliphatic heterocycles. The second-order valence-corrected chi connectivity index (χ2v) is 9.89. The first kappa shape index (κ1) is 29.8. The summed E-state index contributed by atoms with van der Waals surface area (Å²) in [5, 5.41) is 28.4. The van der Waals surface area contributed by atoms with Crippen LogP contribution in [0.25, 0.3) is 0 Å².